The molecule has 21 heavy (non-hydrogen) atoms. The second-order valence-corrected chi connectivity index (χ2v) is 5.10. The topological polar surface area (TPSA) is 34.8 Å². The molecule has 0 atom stereocenters. The van der Waals surface area contributed by atoms with Crippen molar-refractivity contribution in [2.75, 3.05) is 5.32 Å². The first-order valence-electron chi connectivity index (χ1n) is 7.28. The van der Waals surface area contributed by atoms with Crippen LogP contribution in [0.2, 0.25) is 0 Å². The molecule has 4 heteroatoms. The molecule has 0 saturated carbocycles. The quantitative estimate of drug-likeness (QED) is 0.751. The summed E-state index contributed by atoms with van der Waals surface area (Å²) in [5.74, 6) is 0. The number of anilines is 1. The summed E-state index contributed by atoms with van der Waals surface area (Å²) in [6.07, 6.45) is 8.08. The Labute approximate surface area is 125 Å². The van der Waals surface area contributed by atoms with Gasteiger partial charge in [0.15, 0.2) is 0 Å². The molecule has 4 nitrogen and oxygen atoms in total. The Kier molecular flexibility index (Phi) is 4.05. The zero-order valence-electron chi connectivity index (χ0n) is 12.2. The van der Waals surface area contributed by atoms with Crippen LogP contribution in [0, 0.1) is 0 Å². The molecule has 0 saturated heterocycles. The van der Waals surface area contributed by atoms with E-state index >= 15 is 0 Å². The SMILES string of the molecule is CCn1ccc(CNc2ccc(Cn3cccn3)cc2)c1. The largest absolute Gasteiger partial charge is 0.381 e. The monoisotopic (exact) mass is 280 g/mol. The van der Waals surface area contributed by atoms with Crippen molar-refractivity contribution in [2.45, 2.75) is 26.6 Å². The van der Waals surface area contributed by atoms with Gasteiger partial charge in [-0.2, -0.15) is 5.10 Å². The van der Waals surface area contributed by atoms with Crippen molar-refractivity contribution in [1.29, 1.82) is 0 Å². The van der Waals surface area contributed by atoms with Crippen molar-refractivity contribution in [3.63, 3.8) is 0 Å². The number of aryl methyl sites for hydroxylation is 1. The van der Waals surface area contributed by atoms with Gasteiger partial charge >= 0.3 is 0 Å². The van der Waals surface area contributed by atoms with E-state index in [0.29, 0.717) is 0 Å². The molecule has 0 aliphatic heterocycles. The van der Waals surface area contributed by atoms with Gasteiger partial charge in [0.1, 0.15) is 0 Å². The summed E-state index contributed by atoms with van der Waals surface area (Å²) >= 11 is 0. The van der Waals surface area contributed by atoms with Gasteiger partial charge in [0.2, 0.25) is 0 Å². The lowest BCUT2D eigenvalue weighted by Gasteiger charge is -2.07. The zero-order valence-corrected chi connectivity index (χ0v) is 12.2. The normalized spacial score (nSPS) is 10.7. The van der Waals surface area contributed by atoms with Gasteiger partial charge in [-0.1, -0.05) is 12.1 Å². The molecule has 0 amide bonds. The highest BCUT2D eigenvalue weighted by atomic mass is 15.3. The van der Waals surface area contributed by atoms with Crippen LogP contribution in [0.25, 0.3) is 0 Å². The first-order chi connectivity index (χ1) is 10.3. The van der Waals surface area contributed by atoms with Gasteiger partial charge in [0.25, 0.3) is 0 Å². The lowest BCUT2D eigenvalue weighted by atomic mass is 10.2. The number of nitrogens with one attached hydrogen (secondary N) is 1. The lowest BCUT2D eigenvalue weighted by molar-refractivity contribution is 0.687. The average molecular weight is 280 g/mol. The van der Waals surface area contributed by atoms with E-state index in [1.54, 1.807) is 6.20 Å². The van der Waals surface area contributed by atoms with E-state index in [1.807, 2.05) is 16.9 Å². The summed E-state index contributed by atoms with van der Waals surface area (Å²) in [5, 5.41) is 7.67. The van der Waals surface area contributed by atoms with Crippen molar-refractivity contribution in [3.05, 3.63) is 72.3 Å². The van der Waals surface area contributed by atoms with Crippen LogP contribution in [0.4, 0.5) is 5.69 Å². The van der Waals surface area contributed by atoms with E-state index in [4.69, 9.17) is 0 Å². The maximum absolute atomic E-state index is 4.22. The number of hydrogen-bond donors (Lipinski definition) is 1. The van der Waals surface area contributed by atoms with Crippen LogP contribution in [0.1, 0.15) is 18.1 Å². The van der Waals surface area contributed by atoms with Gasteiger partial charge in [-0.3, -0.25) is 4.68 Å². The second kappa shape index (κ2) is 6.31. The third-order valence-electron chi connectivity index (χ3n) is 3.53. The highest BCUT2D eigenvalue weighted by Gasteiger charge is 1.98. The summed E-state index contributed by atoms with van der Waals surface area (Å²) in [5.41, 5.74) is 3.70. The van der Waals surface area contributed by atoms with Gasteiger partial charge in [-0.25, -0.2) is 0 Å². The number of rotatable bonds is 6. The number of nitrogens with zero attached hydrogens (tertiary/aromatic N) is 3. The predicted octanol–water partition coefficient (Wildman–Crippen LogP) is 3.36. The van der Waals surface area contributed by atoms with Crippen LogP contribution in [0.5, 0.6) is 0 Å². The Morgan fingerprint density at radius 3 is 2.57 bits per heavy atom. The standard InChI is InChI=1S/C17H20N4/c1-2-20-11-8-16(13-20)12-18-17-6-4-15(5-7-17)14-21-10-3-9-19-21/h3-11,13,18H,2,12,14H2,1H3. The third kappa shape index (κ3) is 3.54. The van der Waals surface area contributed by atoms with Crippen LogP contribution in [0.15, 0.2) is 61.2 Å². The van der Waals surface area contributed by atoms with Crippen LogP contribution >= 0.6 is 0 Å². The molecule has 2 heterocycles. The second-order valence-electron chi connectivity index (χ2n) is 5.10. The van der Waals surface area contributed by atoms with E-state index < -0.39 is 0 Å². The van der Waals surface area contributed by atoms with Crippen LogP contribution in [0.3, 0.4) is 0 Å². The first-order valence-corrected chi connectivity index (χ1v) is 7.28. The fraction of sp³-hybridized carbons (Fsp3) is 0.235. The van der Waals surface area contributed by atoms with Crippen molar-refractivity contribution in [1.82, 2.24) is 14.3 Å². The zero-order chi connectivity index (χ0) is 14.5. The molecular weight excluding hydrogens is 260 g/mol. The Morgan fingerprint density at radius 1 is 1.05 bits per heavy atom. The average Bonchev–Trinajstić information content (AvgIpc) is 3.18. The summed E-state index contributed by atoms with van der Waals surface area (Å²) in [7, 11) is 0. The van der Waals surface area contributed by atoms with E-state index in [1.165, 1.54) is 11.1 Å². The van der Waals surface area contributed by atoms with E-state index in [0.717, 1.165) is 25.3 Å². The lowest BCUT2D eigenvalue weighted by Crippen LogP contribution is -2.01. The summed E-state index contributed by atoms with van der Waals surface area (Å²) in [6.45, 7) is 4.83. The molecule has 0 fully saturated rings. The molecule has 1 aromatic carbocycles. The van der Waals surface area contributed by atoms with Crippen LogP contribution in [-0.2, 0) is 19.6 Å². The maximum Gasteiger partial charge on any atom is 0.0659 e. The summed E-state index contributed by atoms with van der Waals surface area (Å²) in [6, 6.07) is 12.6. The molecular formula is C17H20N4. The highest BCUT2D eigenvalue weighted by Crippen LogP contribution is 2.12. The Morgan fingerprint density at radius 2 is 1.90 bits per heavy atom. The smallest absolute Gasteiger partial charge is 0.0659 e. The Bertz CT molecular complexity index is 665. The molecule has 0 aliphatic carbocycles. The Balaban J connectivity index is 1.56. The molecule has 0 spiro atoms. The third-order valence-corrected chi connectivity index (χ3v) is 3.53. The van der Waals surface area contributed by atoms with Crippen molar-refractivity contribution in [2.24, 2.45) is 0 Å². The molecule has 3 rings (SSSR count). The fourth-order valence-electron chi connectivity index (χ4n) is 2.30. The van der Waals surface area contributed by atoms with Gasteiger partial charge in [0, 0.05) is 43.6 Å². The van der Waals surface area contributed by atoms with E-state index in [9.17, 15) is 0 Å². The van der Waals surface area contributed by atoms with Crippen LogP contribution in [-0.4, -0.2) is 14.3 Å². The fourth-order valence-corrected chi connectivity index (χ4v) is 2.30. The summed E-state index contributed by atoms with van der Waals surface area (Å²) < 4.78 is 4.11. The molecule has 3 aromatic rings. The van der Waals surface area contributed by atoms with Gasteiger partial charge in [0.05, 0.1) is 6.54 Å². The number of hydrogen-bond acceptors (Lipinski definition) is 2. The van der Waals surface area contributed by atoms with E-state index in [2.05, 4.69) is 64.6 Å². The Hall–Kier alpha value is -2.49. The minimum absolute atomic E-state index is 0.812. The molecule has 0 unspecified atom stereocenters. The van der Waals surface area contributed by atoms with Crippen molar-refractivity contribution in [3.8, 4) is 0 Å². The van der Waals surface area contributed by atoms with Crippen LogP contribution < -0.4 is 5.32 Å². The summed E-state index contributed by atoms with van der Waals surface area (Å²) in [4.78, 5) is 0. The highest BCUT2D eigenvalue weighted by molar-refractivity contribution is 5.45. The first kappa shape index (κ1) is 13.5. The minimum atomic E-state index is 0.812. The molecule has 108 valence electrons. The number of benzene rings is 1. The van der Waals surface area contributed by atoms with Crippen molar-refractivity contribution >= 4 is 5.69 Å². The molecule has 0 bridgehead atoms. The molecule has 2 aromatic heterocycles. The maximum atomic E-state index is 4.22. The minimum Gasteiger partial charge on any atom is -0.381 e. The predicted molar refractivity (Wildman–Crippen MR) is 85.2 cm³/mol. The molecule has 0 aliphatic rings. The van der Waals surface area contributed by atoms with E-state index in [-0.39, 0.29) is 0 Å². The van der Waals surface area contributed by atoms with Crippen molar-refractivity contribution < 1.29 is 0 Å². The molecule has 1 N–H and O–H groups in total. The van der Waals surface area contributed by atoms with Gasteiger partial charge in [-0.15, -0.1) is 0 Å². The van der Waals surface area contributed by atoms with Gasteiger partial charge < -0.3 is 9.88 Å². The van der Waals surface area contributed by atoms with Gasteiger partial charge in [-0.05, 0) is 42.3 Å². The number of aromatic nitrogens is 3. The molecule has 0 radical (unpaired) electrons.